The van der Waals surface area contributed by atoms with Crippen LogP contribution in [0, 0.1) is 34.6 Å². The van der Waals surface area contributed by atoms with Crippen molar-refractivity contribution in [2.24, 2.45) is 0 Å². The number of thioether (sulfide) groups is 1. The maximum atomic E-state index is 12.6. The second kappa shape index (κ2) is 7.46. The Kier molecular flexibility index (Phi) is 5.28. The van der Waals surface area contributed by atoms with Gasteiger partial charge >= 0.3 is 0 Å². The topological polar surface area (TPSA) is 56.0 Å². The molecule has 0 saturated carbocycles. The average molecular weight is 366 g/mol. The molecule has 3 aromatic rings. The summed E-state index contributed by atoms with van der Waals surface area (Å²) >= 11 is 1.28. The molecule has 1 heterocycles. The van der Waals surface area contributed by atoms with E-state index in [1.54, 1.807) is 0 Å². The zero-order valence-electron chi connectivity index (χ0n) is 15.7. The molecule has 0 aliphatic carbocycles. The number of nitrogens with zero attached hydrogens (tertiary/aromatic N) is 2. The predicted octanol–water partition coefficient (Wildman–Crippen LogP) is 5.25. The van der Waals surface area contributed by atoms with Crippen molar-refractivity contribution in [2.45, 2.75) is 39.8 Å². The standard InChI is InChI=1S/C21H22N2O2S/c1-12-8-15(4)19(16(5)9-12)18(24)11-26-21-23-22-20(25-21)17-7-6-13(2)14(3)10-17/h6-10H,11H2,1-5H3. The predicted molar refractivity (Wildman–Crippen MR) is 105 cm³/mol. The van der Waals surface area contributed by atoms with E-state index in [0.29, 0.717) is 11.1 Å². The van der Waals surface area contributed by atoms with Gasteiger partial charge in [-0.15, -0.1) is 10.2 Å². The molecular formula is C21H22N2O2S. The molecule has 0 atom stereocenters. The van der Waals surface area contributed by atoms with E-state index < -0.39 is 0 Å². The molecule has 0 amide bonds. The first-order valence-electron chi connectivity index (χ1n) is 8.50. The summed E-state index contributed by atoms with van der Waals surface area (Å²) in [5.74, 6) is 0.834. The smallest absolute Gasteiger partial charge is 0.277 e. The second-order valence-electron chi connectivity index (χ2n) is 6.66. The van der Waals surface area contributed by atoms with E-state index in [2.05, 4.69) is 24.0 Å². The Bertz CT molecular complexity index is 953. The van der Waals surface area contributed by atoms with E-state index in [9.17, 15) is 4.79 Å². The zero-order chi connectivity index (χ0) is 18.8. The molecule has 0 radical (unpaired) electrons. The first kappa shape index (κ1) is 18.4. The molecule has 0 unspecified atom stereocenters. The molecule has 26 heavy (non-hydrogen) atoms. The molecule has 0 aliphatic heterocycles. The quantitative estimate of drug-likeness (QED) is 0.456. The number of carbonyl (C=O) groups is 1. The summed E-state index contributed by atoms with van der Waals surface area (Å²) < 4.78 is 5.72. The third kappa shape index (κ3) is 3.88. The molecule has 0 bridgehead atoms. The van der Waals surface area contributed by atoms with Gasteiger partial charge in [-0.25, -0.2) is 0 Å². The van der Waals surface area contributed by atoms with Crippen molar-refractivity contribution in [1.82, 2.24) is 10.2 Å². The first-order chi connectivity index (χ1) is 12.3. The minimum absolute atomic E-state index is 0.0796. The number of Topliss-reactive ketones (excluding diaryl/α,β-unsaturated/α-hetero) is 1. The summed E-state index contributed by atoms with van der Waals surface area (Å²) in [6.07, 6.45) is 0. The van der Waals surface area contributed by atoms with Crippen LogP contribution in [-0.2, 0) is 0 Å². The molecule has 0 saturated heterocycles. The van der Waals surface area contributed by atoms with Gasteiger partial charge in [-0.05, 0) is 69.0 Å². The number of aromatic nitrogens is 2. The summed E-state index contributed by atoms with van der Waals surface area (Å²) in [5, 5.41) is 8.58. The van der Waals surface area contributed by atoms with Gasteiger partial charge in [0.15, 0.2) is 5.78 Å². The lowest BCUT2D eigenvalue weighted by molar-refractivity contribution is 0.102. The number of benzene rings is 2. The molecule has 0 spiro atoms. The van der Waals surface area contributed by atoms with Crippen molar-refractivity contribution >= 4 is 17.5 Å². The van der Waals surface area contributed by atoms with Crippen LogP contribution < -0.4 is 0 Å². The van der Waals surface area contributed by atoms with E-state index >= 15 is 0 Å². The molecule has 134 valence electrons. The van der Waals surface area contributed by atoms with Crippen molar-refractivity contribution in [3.05, 3.63) is 63.7 Å². The summed E-state index contributed by atoms with van der Waals surface area (Å²) in [7, 11) is 0. The van der Waals surface area contributed by atoms with Crippen molar-refractivity contribution in [3.8, 4) is 11.5 Å². The molecule has 5 heteroatoms. The number of ketones is 1. The van der Waals surface area contributed by atoms with Gasteiger partial charge in [0.25, 0.3) is 5.22 Å². The Morgan fingerprint density at radius 3 is 2.27 bits per heavy atom. The van der Waals surface area contributed by atoms with Crippen LogP contribution in [0.25, 0.3) is 11.5 Å². The van der Waals surface area contributed by atoms with Crippen molar-refractivity contribution in [2.75, 3.05) is 5.75 Å². The average Bonchev–Trinajstić information content (AvgIpc) is 3.03. The SMILES string of the molecule is Cc1cc(C)c(C(=O)CSc2nnc(-c3ccc(C)c(C)c3)o2)c(C)c1. The number of hydrogen-bond donors (Lipinski definition) is 0. The van der Waals surface area contributed by atoms with E-state index in [1.165, 1.54) is 28.5 Å². The van der Waals surface area contributed by atoms with Crippen LogP contribution in [0.15, 0.2) is 40.0 Å². The molecule has 0 fully saturated rings. The van der Waals surface area contributed by atoms with Crippen molar-refractivity contribution in [3.63, 3.8) is 0 Å². The summed E-state index contributed by atoms with van der Waals surface area (Å²) in [6.45, 7) is 10.1. The minimum Gasteiger partial charge on any atom is -0.411 e. The second-order valence-corrected chi connectivity index (χ2v) is 7.58. The molecule has 1 aromatic heterocycles. The van der Waals surface area contributed by atoms with E-state index in [0.717, 1.165) is 22.3 Å². The number of hydrogen-bond acceptors (Lipinski definition) is 5. The van der Waals surface area contributed by atoms with E-state index in [4.69, 9.17) is 4.42 Å². The van der Waals surface area contributed by atoms with Crippen LogP contribution in [0.2, 0.25) is 0 Å². The molecule has 0 aliphatic rings. The maximum Gasteiger partial charge on any atom is 0.277 e. The fourth-order valence-electron chi connectivity index (χ4n) is 3.08. The Balaban J connectivity index is 1.72. The molecule has 3 rings (SSSR count). The highest BCUT2D eigenvalue weighted by molar-refractivity contribution is 7.99. The van der Waals surface area contributed by atoms with Gasteiger partial charge in [0, 0.05) is 11.1 Å². The van der Waals surface area contributed by atoms with Crippen LogP contribution >= 0.6 is 11.8 Å². The molecule has 2 aromatic carbocycles. The Hall–Kier alpha value is -2.40. The van der Waals surface area contributed by atoms with E-state index in [-0.39, 0.29) is 11.5 Å². The van der Waals surface area contributed by atoms with Crippen LogP contribution in [0.3, 0.4) is 0 Å². The van der Waals surface area contributed by atoms with Gasteiger partial charge in [-0.2, -0.15) is 0 Å². The van der Waals surface area contributed by atoms with Gasteiger partial charge < -0.3 is 4.42 Å². The maximum absolute atomic E-state index is 12.6. The van der Waals surface area contributed by atoms with Crippen LogP contribution in [-0.4, -0.2) is 21.7 Å². The summed E-state index contributed by atoms with van der Waals surface area (Å²) in [5.41, 5.74) is 7.26. The van der Waals surface area contributed by atoms with Crippen LogP contribution in [0.5, 0.6) is 0 Å². The lowest BCUT2D eigenvalue weighted by Crippen LogP contribution is -2.07. The molecular weight excluding hydrogens is 344 g/mol. The third-order valence-corrected chi connectivity index (χ3v) is 5.26. The van der Waals surface area contributed by atoms with E-state index in [1.807, 2.05) is 51.1 Å². The van der Waals surface area contributed by atoms with Gasteiger partial charge in [0.2, 0.25) is 5.89 Å². The lowest BCUT2D eigenvalue weighted by atomic mass is 9.97. The Labute approximate surface area is 158 Å². The lowest BCUT2D eigenvalue weighted by Gasteiger charge is -2.09. The fourth-order valence-corrected chi connectivity index (χ4v) is 3.71. The zero-order valence-corrected chi connectivity index (χ0v) is 16.5. The highest BCUT2D eigenvalue weighted by Crippen LogP contribution is 2.26. The Morgan fingerprint density at radius 1 is 0.923 bits per heavy atom. The van der Waals surface area contributed by atoms with Crippen LogP contribution in [0.4, 0.5) is 0 Å². The van der Waals surface area contributed by atoms with Gasteiger partial charge in [-0.3, -0.25) is 4.79 Å². The number of aryl methyl sites for hydroxylation is 5. The summed E-state index contributed by atoms with van der Waals surface area (Å²) in [6, 6.07) is 10.1. The van der Waals surface area contributed by atoms with Gasteiger partial charge in [0.05, 0.1) is 5.75 Å². The van der Waals surface area contributed by atoms with Crippen molar-refractivity contribution < 1.29 is 9.21 Å². The van der Waals surface area contributed by atoms with Gasteiger partial charge in [0.1, 0.15) is 0 Å². The largest absolute Gasteiger partial charge is 0.411 e. The van der Waals surface area contributed by atoms with Crippen molar-refractivity contribution in [1.29, 1.82) is 0 Å². The number of rotatable bonds is 5. The monoisotopic (exact) mass is 366 g/mol. The minimum atomic E-state index is 0.0796. The third-order valence-electron chi connectivity index (χ3n) is 4.44. The van der Waals surface area contributed by atoms with Crippen LogP contribution in [0.1, 0.15) is 38.2 Å². The highest BCUT2D eigenvalue weighted by Gasteiger charge is 2.16. The molecule has 4 nitrogen and oxygen atoms in total. The first-order valence-corrected chi connectivity index (χ1v) is 9.48. The molecule has 0 N–H and O–H groups in total. The normalized spacial score (nSPS) is 11.0. The number of carbonyl (C=O) groups excluding carboxylic acids is 1. The van der Waals surface area contributed by atoms with Gasteiger partial charge in [-0.1, -0.05) is 35.5 Å². The highest BCUT2D eigenvalue weighted by atomic mass is 32.2. The Morgan fingerprint density at radius 2 is 1.62 bits per heavy atom. The fraction of sp³-hybridized carbons (Fsp3) is 0.286. The summed E-state index contributed by atoms with van der Waals surface area (Å²) in [4.78, 5) is 12.6.